The van der Waals surface area contributed by atoms with Gasteiger partial charge in [-0.25, -0.2) is 0 Å². The van der Waals surface area contributed by atoms with Crippen LogP contribution in [0.5, 0.6) is 0 Å². The number of ether oxygens (including phenoxy) is 1. The summed E-state index contributed by atoms with van der Waals surface area (Å²) < 4.78 is 9.43. The third-order valence-electron chi connectivity index (χ3n) is 4.63. The van der Waals surface area contributed by atoms with E-state index in [9.17, 15) is 4.79 Å². The van der Waals surface area contributed by atoms with Crippen LogP contribution in [0.4, 0.5) is 5.69 Å². The molecule has 1 saturated heterocycles. The van der Waals surface area contributed by atoms with Crippen LogP contribution in [-0.2, 0) is 22.6 Å². The molecule has 1 aliphatic rings. The minimum Gasteiger partial charge on any atom is -0.376 e. The quantitative estimate of drug-likeness (QED) is 0.778. The molecule has 0 unspecified atom stereocenters. The van der Waals surface area contributed by atoms with E-state index in [0.717, 1.165) is 37.2 Å². The van der Waals surface area contributed by atoms with Crippen LogP contribution >= 0.6 is 0 Å². The summed E-state index contributed by atoms with van der Waals surface area (Å²) >= 11 is 0. The molecule has 3 aromatic rings. The first kappa shape index (κ1) is 15.9. The van der Waals surface area contributed by atoms with Crippen LogP contribution in [0.3, 0.4) is 0 Å². The number of fused-ring (bicyclic) bond motifs is 1. The van der Waals surface area contributed by atoms with Crippen molar-refractivity contribution in [2.45, 2.75) is 39.0 Å². The van der Waals surface area contributed by atoms with E-state index < -0.39 is 0 Å². The molecule has 1 aromatic carbocycles. The Labute approximate surface area is 146 Å². The summed E-state index contributed by atoms with van der Waals surface area (Å²) in [6.07, 6.45) is 7.98. The number of amides is 1. The number of aromatic nitrogens is 3. The summed E-state index contributed by atoms with van der Waals surface area (Å²) in [6, 6.07) is 8.12. The molecular formula is C19H22N4O2. The zero-order chi connectivity index (χ0) is 17.2. The highest BCUT2D eigenvalue weighted by Crippen LogP contribution is 2.20. The Hall–Kier alpha value is -2.60. The lowest BCUT2D eigenvalue weighted by Gasteiger charge is -2.08. The van der Waals surface area contributed by atoms with Crippen molar-refractivity contribution in [3.63, 3.8) is 0 Å². The normalized spacial score (nSPS) is 17.2. The number of hydrogen-bond donors (Lipinski definition) is 1. The van der Waals surface area contributed by atoms with Crippen LogP contribution < -0.4 is 5.32 Å². The lowest BCUT2D eigenvalue weighted by Crippen LogP contribution is -2.18. The number of anilines is 1. The van der Waals surface area contributed by atoms with Crippen molar-refractivity contribution >= 4 is 22.5 Å². The second-order valence-electron chi connectivity index (χ2n) is 6.59. The van der Waals surface area contributed by atoms with Gasteiger partial charge in [-0.2, -0.15) is 5.10 Å². The third-order valence-corrected chi connectivity index (χ3v) is 4.63. The first-order chi connectivity index (χ1) is 12.2. The van der Waals surface area contributed by atoms with Gasteiger partial charge in [-0.05, 0) is 31.4 Å². The largest absolute Gasteiger partial charge is 0.376 e. The van der Waals surface area contributed by atoms with Gasteiger partial charge in [0.05, 0.1) is 24.5 Å². The van der Waals surface area contributed by atoms with Crippen molar-refractivity contribution in [3.05, 3.63) is 48.4 Å². The van der Waals surface area contributed by atoms with Gasteiger partial charge >= 0.3 is 0 Å². The summed E-state index contributed by atoms with van der Waals surface area (Å²) in [5, 5.41) is 8.41. The number of carbonyl (C=O) groups excluding carboxylic acids is 1. The van der Waals surface area contributed by atoms with Crippen LogP contribution in [0.25, 0.3) is 10.9 Å². The first-order valence-electron chi connectivity index (χ1n) is 8.67. The number of rotatable bonds is 5. The van der Waals surface area contributed by atoms with E-state index in [-0.39, 0.29) is 18.6 Å². The maximum Gasteiger partial charge on any atom is 0.244 e. The summed E-state index contributed by atoms with van der Waals surface area (Å²) in [4.78, 5) is 12.4. The molecule has 0 aliphatic carbocycles. The lowest BCUT2D eigenvalue weighted by atomic mass is 10.2. The van der Waals surface area contributed by atoms with Gasteiger partial charge < -0.3 is 14.6 Å². The van der Waals surface area contributed by atoms with E-state index in [1.807, 2.05) is 39.8 Å². The molecule has 1 atom stereocenters. The van der Waals surface area contributed by atoms with Gasteiger partial charge in [-0.1, -0.05) is 18.2 Å². The second-order valence-corrected chi connectivity index (χ2v) is 6.59. The van der Waals surface area contributed by atoms with Gasteiger partial charge in [0.15, 0.2) is 0 Å². The molecule has 0 radical (unpaired) electrons. The third kappa shape index (κ3) is 3.44. The van der Waals surface area contributed by atoms with Gasteiger partial charge in [0.1, 0.15) is 6.54 Å². The number of aryl methyl sites for hydroxylation is 1. The molecule has 0 bridgehead atoms. The molecule has 3 heterocycles. The van der Waals surface area contributed by atoms with Crippen LogP contribution in [0, 0.1) is 6.92 Å². The summed E-state index contributed by atoms with van der Waals surface area (Å²) in [6.45, 7) is 3.91. The van der Waals surface area contributed by atoms with Crippen molar-refractivity contribution in [2.24, 2.45) is 0 Å². The van der Waals surface area contributed by atoms with E-state index in [2.05, 4.69) is 23.4 Å². The fraction of sp³-hybridized carbons (Fsp3) is 0.368. The standard InChI is InChI=1S/C19H22N4O2/c1-14-10-22(18-7-3-2-6-17(14)18)13-19(24)21-15-9-20-23(11-15)12-16-5-4-8-25-16/h2-3,6-7,9-11,16H,4-5,8,12-13H2,1H3,(H,21,24)/t16-/m0/s1. The van der Waals surface area contributed by atoms with Crippen LogP contribution in [0.1, 0.15) is 18.4 Å². The Morgan fingerprint density at radius 3 is 3.08 bits per heavy atom. The molecule has 25 heavy (non-hydrogen) atoms. The fourth-order valence-electron chi connectivity index (χ4n) is 3.44. The smallest absolute Gasteiger partial charge is 0.244 e. The molecule has 1 aliphatic heterocycles. The van der Waals surface area contributed by atoms with Crippen LogP contribution in [0.2, 0.25) is 0 Å². The van der Waals surface area contributed by atoms with Crippen molar-refractivity contribution < 1.29 is 9.53 Å². The molecule has 4 rings (SSSR count). The molecule has 0 saturated carbocycles. The number of nitrogens with zero attached hydrogens (tertiary/aromatic N) is 3. The molecule has 6 nitrogen and oxygen atoms in total. The van der Waals surface area contributed by atoms with E-state index in [4.69, 9.17) is 4.74 Å². The summed E-state index contributed by atoms with van der Waals surface area (Å²) in [5.41, 5.74) is 2.97. The zero-order valence-electron chi connectivity index (χ0n) is 14.3. The minimum absolute atomic E-state index is 0.0579. The predicted molar refractivity (Wildman–Crippen MR) is 96.5 cm³/mol. The first-order valence-corrected chi connectivity index (χ1v) is 8.67. The lowest BCUT2D eigenvalue weighted by molar-refractivity contribution is -0.116. The highest BCUT2D eigenvalue weighted by Gasteiger charge is 2.16. The molecule has 6 heteroatoms. The second kappa shape index (κ2) is 6.72. The van der Waals surface area contributed by atoms with Crippen molar-refractivity contribution in [1.29, 1.82) is 0 Å². The Balaban J connectivity index is 1.41. The van der Waals surface area contributed by atoms with Gasteiger partial charge in [-0.15, -0.1) is 0 Å². The molecule has 1 N–H and O–H groups in total. The topological polar surface area (TPSA) is 61.1 Å². The van der Waals surface area contributed by atoms with Crippen LogP contribution in [0.15, 0.2) is 42.9 Å². The molecule has 2 aromatic heterocycles. The maximum atomic E-state index is 12.4. The van der Waals surface area contributed by atoms with Gasteiger partial charge in [0.2, 0.25) is 5.91 Å². The van der Waals surface area contributed by atoms with Gasteiger partial charge in [0.25, 0.3) is 0 Å². The Morgan fingerprint density at radius 1 is 1.36 bits per heavy atom. The number of hydrogen-bond acceptors (Lipinski definition) is 3. The SMILES string of the molecule is Cc1cn(CC(=O)Nc2cnn(C[C@@H]3CCCO3)c2)c2ccccc12. The monoisotopic (exact) mass is 338 g/mol. The van der Waals surface area contributed by atoms with E-state index in [1.165, 1.54) is 10.9 Å². The van der Waals surface area contributed by atoms with E-state index in [1.54, 1.807) is 6.20 Å². The predicted octanol–water partition coefficient (Wildman–Crippen LogP) is 2.96. The van der Waals surface area contributed by atoms with Gasteiger partial charge in [-0.3, -0.25) is 9.48 Å². The van der Waals surface area contributed by atoms with Crippen molar-refractivity contribution in [3.8, 4) is 0 Å². The molecule has 0 spiro atoms. The Bertz CT molecular complexity index is 890. The van der Waals surface area contributed by atoms with Crippen molar-refractivity contribution in [1.82, 2.24) is 14.3 Å². The Morgan fingerprint density at radius 2 is 2.24 bits per heavy atom. The highest BCUT2D eigenvalue weighted by molar-refractivity contribution is 5.92. The number of benzene rings is 1. The average Bonchev–Trinajstić information content (AvgIpc) is 3.32. The summed E-state index contributed by atoms with van der Waals surface area (Å²) in [5.74, 6) is -0.0579. The maximum absolute atomic E-state index is 12.4. The average molecular weight is 338 g/mol. The fourth-order valence-corrected chi connectivity index (χ4v) is 3.44. The number of para-hydroxylation sites is 1. The molecular weight excluding hydrogens is 316 g/mol. The zero-order valence-corrected chi connectivity index (χ0v) is 14.3. The van der Waals surface area contributed by atoms with E-state index >= 15 is 0 Å². The molecule has 130 valence electrons. The highest BCUT2D eigenvalue weighted by atomic mass is 16.5. The molecule has 1 fully saturated rings. The number of carbonyl (C=O) groups is 1. The number of nitrogens with one attached hydrogen (secondary N) is 1. The molecule has 1 amide bonds. The van der Waals surface area contributed by atoms with Crippen LogP contribution in [-0.4, -0.2) is 33.0 Å². The summed E-state index contributed by atoms with van der Waals surface area (Å²) in [7, 11) is 0. The van der Waals surface area contributed by atoms with Crippen molar-refractivity contribution in [2.75, 3.05) is 11.9 Å². The van der Waals surface area contributed by atoms with E-state index in [0.29, 0.717) is 0 Å². The Kier molecular flexibility index (Phi) is 4.28. The van der Waals surface area contributed by atoms with Gasteiger partial charge in [0, 0.05) is 29.9 Å². The minimum atomic E-state index is -0.0579.